The summed E-state index contributed by atoms with van der Waals surface area (Å²) in [6.45, 7) is 15.7. The SMILES string of the molecule is C=CCN(CCN1CCOCC1)C(=O)C1N([C@H](C)CO)C(=O)[C@@H]2[C@@H](C(=O)N(CC=C)c3ccccc3)[C@@]3(C)CCC12O3. The molecule has 0 saturated carbocycles. The Kier molecular flexibility index (Phi) is 8.89. The average Bonchev–Trinajstić information content (AvgIpc) is 3.58. The summed E-state index contributed by atoms with van der Waals surface area (Å²) in [7, 11) is 0. The van der Waals surface area contributed by atoms with E-state index in [9.17, 15) is 19.5 Å². The van der Waals surface area contributed by atoms with E-state index in [0.29, 0.717) is 51.4 Å². The third kappa shape index (κ3) is 5.08. The van der Waals surface area contributed by atoms with Crippen LogP contribution in [0.15, 0.2) is 55.6 Å². The second kappa shape index (κ2) is 12.3. The van der Waals surface area contributed by atoms with Gasteiger partial charge in [0.2, 0.25) is 17.7 Å². The topological polar surface area (TPSA) is 103 Å². The maximum atomic E-state index is 14.5. The number of aliphatic hydroxyl groups excluding tert-OH is 1. The Morgan fingerprint density at radius 1 is 1.12 bits per heavy atom. The first kappa shape index (κ1) is 30.4. The summed E-state index contributed by atoms with van der Waals surface area (Å²) in [6, 6.07) is 7.76. The number of para-hydroxylation sites is 1. The van der Waals surface area contributed by atoms with Gasteiger partial charge in [0.25, 0.3) is 0 Å². The number of carbonyl (C=O) groups excluding carboxylic acids is 3. The molecule has 10 heteroatoms. The zero-order chi connectivity index (χ0) is 30.1. The van der Waals surface area contributed by atoms with Crippen molar-refractivity contribution in [2.24, 2.45) is 11.8 Å². The van der Waals surface area contributed by atoms with Gasteiger partial charge >= 0.3 is 0 Å². The van der Waals surface area contributed by atoms with E-state index in [1.54, 1.807) is 28.9 Å². The number of anilines is 1. The third-order valence-electron chi connectivity index (χ3n) is 9.55. The van der Waals surface area contributed by atoms with Crippen molar-refractivity contribution in [1.29, 1.82) is 0 Å². The molecule has 1 aromatic carbocycles. The number of fused-ring (bicyclic) bond motifs is 1. The maximum absolute atomic E-state index is 14.5. The molecule has 4 aliphatic rings. The van der Waals surface area contributed by atoms with Crippen LogP contribution in [0.3, 0.4) is 0 Å². The lowest BCUT2D eigenvalue weighted by molar-refractivity contribution is -0.154. The molecule has 228 valence electrons. The number of hydrogen-bond donors (Lipinski definition) is 1. The Labute approximate surface area is 248 Å². The number of aliphatic hydroxyl groups is 1. The lowest BCUT2D eigenvalue weighted by atomic mass is 9.66. The number of nitrogens with zero attached hydrogens (tertiary/aromatic N) is 4. The molecule has 4 aliphatic heterocycles. The van der Waals surface area contributed by atoms with Crippen LogP contribution in [0.1, 0.15) is 26.7 Å². The zero-order valence-electron chi connectivity index (χ0n) is 24.8. The minimum atomic E-state index is -1.17. The molecule has 1 aromatic rings. The number of morpholine rings is 1. The van der Waals surface area contributed by atoms with Crippen molar-refractivity contribution in [1.82, 2.24) is 14.7 Å². The Morgan fingerprint density at radius 2 is 1.81 bits per heavy atom. The van der Waals surface area contributed by atoms with Crippen LogP contribution in [0.4, 0.5) is 5.69 Å². The van der Waals surface area contributed by atoms with Gasteiger partial charge in [-0.1, -0.05) is 30.4 Å². The van der Waals surface area contributed by atoms with Crippen molar-refractivity contribution in [2.45, 2.75) is 50.0 Å². The zero-order valence-corrected chi connectivity index (χ0v) is 24.8. The fourth-order valence-corrected chi connectivity index (χ4v) is 7.52. The van der Waals surface area contributed by atoms with Crippen LogP contribution in [0, 0.1) is 11.8 Å². The Bertz CT molecular complexity index is 1190. The van der Waals surface area contributed by atoms with Crippen LogP contribution < -0.4 is 4.90 Å². The fourth-order valence-electron chi connectivity index (χ4n) is 7.52. The number of hydrogen-bond acceptors (Lipinski definition) is 7. The van der Waals surface area contributed by atoms with E-state index in [1.807, 2.05) is 37.3 Å². The molecular formula is C32H44N4O6. The van der Waals surface area contributed by atoms with E-state index >= 15 is 0 Å². The van der Waals surface area contributed by atoms with Gasteiger partial charge in [-0.25, -0.2) is 0 Å². The van der Waals surface area contributed by atoms with Gasteiger partial charge < -0.3 is 29.3 Å². The standard InChI is InChI=1S/C32H44N4O6/c1-5-14-34(17-16-33-18-20-41-21-19-33)30(40)27-32-13-12-31(4,42-32)25(26(32)29(39)36(27)23(3)22-37)28(38)35(15-6-2)24-10-8-7-9-11-24/h5-11,23,25-27,37H,1-2,12-22H2,3-4H3/t23-,25+,26+,27?,31-,32?/m1/s1. The van der Waals surface area contributed by atoms with Gasteiger partial charge in [0.05, 0.1) is 43.3 Å². The molecular weight excluding hydrogens is 536 g/mol. The second-order valence-electron chi connectivity index (χ2n) is 12.1. The molecule has 42 heavy (non-hydrogen) atoms. The van der Waals surface area contributed by atoms with Crippen molar-refractivity contribution in [3.8, 4) is 0 Å². The molecule has 1 N–H and O–H groups in total. The highest BCUT2D eigenvalue weighted by Gasteiger charge is 2.78. The molecule has 5 rings (SSSR count). The Hall–Kier alpha value is -3.05. The van der Waals surface area contributed by atoms with Gasteiger partial charge in [0.1, 0.15) is 11.6 Å². The molecule has 2 unspecified atom stereocenters. The van der Waals surface area contributed by atoms with Gasteiger partial charge in [-0.3, -0.25) is 19.3 Å². The third-order valence-corrected chi connectivity index (χ3v) is 9.55. The minimum Gasteiger partial charge on any atom is -0.394 e. The molecule has 0 radical (unpaired) electrons. The first-order valence-electron chi connectivity index (χ1n) is 15.0. The summed E-state index contributed by atoms with van der Waals surface area (Å²) >= 11 is 0. The highest BCUT2D eigenvalue weighted by atomic mass is 16.5. The van der Waals surface area contributed by atoms with Crippen molar-refractivity contribution in [2.75, 3.05) is 64.0 Å². The van der Waals surface area contributed by atoms with Crippen molar-refractivity contribution in [3.05, 3.63) is 55.6 Å². The van der Waals surface area contributed by atoms with E-state index in [2.05, 4.69) is 18.1 Å². The summed E-state index contributed by atoms with van der Waals surface area (Å²) in [5.41, 5.74) is -1.36. The van der Waals surface area contributed by atoms with E-state index < -0.39 is 35.1 Å². The summed E-state index contributed by atoms with van der Waals surface area (Å²) in [6.07, 6.45) is 4.38. The summed E-state index contributed by atoms with van der Waals surface area (Å²) in [5.74, 6) is -2.39. The maximum Gasteiger partial charge on any atom is 0.248 e. The van der Waals surface area contributed by atoms with Gasteiger partial charge in [-0.15, -0.1) is 13.2 Å². The number of rotatable bonds is 12. The van der Waals surface area contributed by atoms with Crippen LogP contribution in [0.5, 0.6) is 0 Å². The highest BCUT2D eigenvalue weighted by molar-refractivity contribution is 6.03. The first-order chi connectivity index (χ1) is 20.2. The predicted octanol–water partition coefficient (Wildman–Crippen LogP) is 1.70. The first-order valence-corrected chi connectivity index (χ1v) is 15.0. The summed E-state index contributed by atoms with van der Waals surface area (Å²) < 4.78 is 12.3. The lowest BCUT2D eigenvalue weighted by Crippen LogP contribution is -2.59. The van der Waals surface area contributed by atoms with E-state index in [0.717, 1.165) is 13.1 Å². The quantitative estimate of drug-likeness (QED) is 0.376. The lowest BCUT2D eigenvalue weighted by Gasteiger charge is -2.39. The molecule has 2 bridgehead atoms. The second-order valence-corrected chi connectivity index (χ2v) is 12.1. The number of likely N-dealkylation sites (tertiary alicyclic amines) is 1. The summed E-state index contributed by atoms with van der Waals surface area (Å²) in [5, 5.41) is 10.2. The van der Waals surface area contributed by atoms with E-state index in [-0.39, 0.29) is 30.9 Å². The van der Waals surface area contributed by atoms with Crippen LogP contribution in [-0.2, 0) is 23.9 Å². The fraction of sp³-hybridized carbons (Fsp3) is 0.594. The normalized spacial score (nSPS) is 31.1. The number of carbonyl (C=O) groups is 3. The van der Waals surface area contributed by atoms with Gasteiger partial charge in [0.15, 0.2) is 0 Å². The van der Waals surface area contributed by atoms with Crippen LogP contribution >= 0.6 is 0 Å². The van der Waals surface area contributed by atoms with Gasteiger partial charge in [-0.2, -0.15) is 0 Å². The number of benzene rings is 1. The highest BCUT2D eigenvalue weighted by Crippen LogP contribution is 2.64. The largest absolute Gasteiger partial charge is 0.394 e. The van der Waals surface area contributed by atoms with Crippen LogP contribution in [0.25, 0.3) is 0 Å². The molecule has 0 aliphatic carbocycles. The molecule has 6 atom stereocenters. The van der Waals surface area contributed by atoms with E-state index in [1.165, 1.54) is 4.90 Å². The average molecular weight is 581 g/mol. The van der Waals surface area contributed by atoms with Crippen molar-refractivity contribution >= 4 is 23.4 Å². The number of ether oxygens (including phenoxy) is 2. The summed E-state index contributed by atoms with van der Waals surface area (Å²) in [4.78, 5) is 50.4. The van der Waals surface area contributed by atoms with E-state index in [4.69, 9.17) is 9.47 Å². The van der Waals surface area contributed by atoms with Gasteiger partial charge in [-0.05, 0) is 38.8 Å². The molecule has 4 saturated heterocycles. The van der Waals surface area contributed by atoms with Crippen molar-refractivity contribution < 1.29 is 29.0 Å². The van der Waals surface area contributed by atoms with Crippen molar-refractivity contribution in [3.63, 3.8) is 0 Å². The molecule has 4 heterocycles. The minimum absolute atomic E-state index is 0.219. The number of amides is 3. The molecule has 0 aromatic heterocycles. The van der Waals surface area contributed by atoms with Crippen LogP contribution in [0.2, 0.25) is 0 Å². The van der Waals surface area contributed by atoms with Crippen LogP contribution in [-0.4, -0.2) is 120 Å². The molecule has 10 nitrogen and oxygen atoms in total. The molecule has 4 fully saturated rings. The molecule has 1 spiro atoms. The smallest absolute Gasteiger partial charge is 0.248 e. The monoisotopic (exact) mass is 580 g/mol. The van der Waals surface area contributed by atoms with Gasteiger partial charge in [0, 0.05) is 45.0 Å². The molecule has 3 amide bonds. The predicted molar refractivity (Wildman–Crippen MR) is 159 cm³/mol. The Balaban J connectivity index is 1.50. The Morgan fingerprint density at radius 3 is 2.45 bits per heavy atom.